The second-order valence-corrected chi connectivity index (χ2v) is 3.94. The minimum atomic E-state index is 0.647. The van der Waals surface area contributed by atoms with Crippen molar-refractivity contribution in [2.45, 2.75) is 6.92 Å². The van der Waals surface area contributed by atoms with E-state index in [1.54, 1.807) is 0 Å². The highest BCUT2D eigenvalue weighted by Gasteiger charge is 2.14. The van der Waals surface area contributed by atoms with Crippen LogP contribution >= 0.6 is 0 Å². The Balaban J connectivity index is 2.17. The van der Waals surface area contributed by atoms with Crippen LogP contribution in [-0.4, -0.2) is 56.1 Å². The summed E-state index contributed by atoms with van der Waals surface area (Å²) in [4.78, 5) is 4.89. The molecule has 1 rings (SSSR count). The van der Waals surface area contributed by atoms with Crippen molar-refractivity contribution in [2.75, 3.05) is 46.3 Å². The van der Waals surface area contributed by atoms with E-state index in [9.17, 15) is 0 Å². The zero-order chi connectivity index (χ0) is 8.97. The highest BCUT2D eigenvalue weighted by Crippen LogP contribution is 2.02. The summed E-state index contributed by atoms with van der Waals surface area (Å²) in [6.45, 7) is 9.03. The average molecular weight is 171 g/mol. The first kappa shape index (κ1) is 9.96. The van der Waals surface area contributed by atoms with E-state index in [2.05, 4.69) is 23.8 Å². The predicted molar refractivity (Wildman–Crippen MR) is 52.2 cm³/mol. The van der Waals surface area contributed by atoms with E-state index in [0.717, 1.165) is 6.54 Å². The second kappa shape index (κ2) is 4.80. The van der Waals surface area contributed by atoms with Crippen molar-refractivity contribution in [2.24, 2.45) is 11.7 Å². The zero-order valence-corrected chi connectivity index (χ0v) is 8.29. The third-order valence-corrected chi connectivity index (χ3v) is 2.57. The van der Waals surface area contributed by atoms with Gasteiger partial charge in [-0.05, 0) is 19.5 Å². The van der Waals surface area contributed by atoms with Crippen molar-refractivity contribution >= 4 is 0 Å². The normalized spacial score (nSPS) is 24.2. The zero-order valence-electron chi connectivity index (χ0n) is 8.29. The van der Waals surface area contributed by atoms with Gasteiger partial charge in [-0.15, -0.1) is 0 Å². The third-order valence-electron chi connectivity index (χ3n) is 2.57. The maximum atomic E-state index is 5.58. The first-order valence-electron chi connectivity index (χ1n) is 4.83. The molecule has 1 heterocycles. The molecule has 1 aliphatic rings. The van der Waals surface area contributed by atoms with Crippen LogP contribution in [0.5, 0.6) is 0 Å². The molecule has 1 atom stereocenters. The van der Waals surface area contributed by atoms with Crippen LogP contribution in [0.4, 0.5) is 0 Å². The molecule has 1 aliphatic heterocycles. The molecular formula is C9H21N3. The first-order chi connectivity index (χ1) is 5.72. The summed E-state index contributed by atoms with van der Waals surface area (Å²) in [6.07, 6.45) is 0. The maximum Gasteiger partial charge on any atom is 0.0110 e. The van der Waals surface area contributed by atoms with Gasteiger partial charge >= 0.3 is 0 Å². The molecule has 0 amide bonds. The van der Waals surface area contributed by atoms with E-state index in [0.29, 0.717) is 5.92 Å². The number of hydrogen-bond donors (Lipinski definition) is 1. The summed E-state index contributed by atoms with van der Waals surface area (Å²) in [5.41, 5.74) is 5.58. The molecule has 0 radical (unpaired) electrons. The minimum Gasteiger partial charge on any atom is -0.330 e. The average Bonchev–Trinajstić information content (AvgIpc) is 2.09. The lowest BCUT2D eigenvalue weighted by atomic mass is 10.1. The number of nitrogens with two attached hydrogens (primary N) is 1. The summed E-state index contributed by atoms with van der Waals surface area (Å²) in [7, 11) is 2.18. The van der Waals surface area contributed by atoms with Gasteiger partial charge in [0.15, 0.2) is 0 Å². The first-order valence-corrected chi connectivity index (χ1v) is 4.83. The van der Waals surface area contributed by atoms with Crippen molar-refractivity contribution in [1.29, 1.82) is 0 Å². The van der Waals surface area contributed by atoms with Crippen molar-refractivity contribution in [3.8, 4) is 0 Å². The smallest absolute Gasteiger partial charge is 0.0110 e. The molecule has 0 aromatic heterocycles. The molecule has 2 N–H and O–H groups in total. The summed E-state index contributed by atoms with van der Waals surface area (Å²) in [6, 6.07) is 0. The van der Waals surface area contributed by atoms with E-state index in [-0.39, 0.29) is 0 Å². The van der Waals surface area contributed by atoms with Crippen LogP contribution in [0.3, 0.4) is 0 Å². The fourth-order valence-electron chi connectivity index (χ4n) is 1.55. The highest BCUT2D eigenvalue weighted by atomic mass is 15.2. The van der Waals surface area contributed by atoms with Gasteiger partial charge in [0, 0.05) is 32.7 Å². The SMILES string of the molecule is CC(CN)CN1CCN(C)CC1. The lowest BCUT2D eigenvalue weighted by Crippen LogP contribution is -2.46. The Morgan fingerprint density at radius 3 is 2.33 bits per heavy atom. The lowest BCUT2D eigenvalue weighted by Gasteiger charge is -2.33. The standard InChI is InChI=1S/C9H21N3/c1-9(7-10)8-12-5-3-11(2)4-6-12/h9H,3-8,10H2,1-2H3. The highest BCUT2D eigenvalue weighted by molar-refractivity contribution is 4.71. The minimum absolute atomic E-state index is 0.647. The summed E-state index contributed by atoms with van der Waals surface area (Å²) >= 11 is 0. The molecule has 0 bridgehead atoms. The van der Waals surface area contributed by atoms with Crippen LogP contribution in [0, 0.1) is 5.92 Å². The summed E-state index contributed by atoms with van der Waals surface area (Å²) in [5, 5.41) is 0. The van der Waals surface area contributed by atoms with Gasteiger partial charge in [-0.2, -0.15) is 0 Å². The van der Waals surface area contributed by atoms with Crippen LogP contribution < -0.4 is 5.73 Å². The fourth-order valence-corrected chi connectivity index (χ4v) is 1.55. The van der Waals surface area contributed by atoms with E-state index in [4.69, 9.17) is 5.73 Å². The number of nitrogens with zero attached hydrogens (tertiary/aromatic N) is 2. The number of rotatable bonds is 3. The molecule has 0 saturated carbocycles. The molecule has 0 aromatic rings. The predicted octanol–water partition coefficient (Wildman–Crippen LogP) is -0.171. The molecule has 12 heavy (non-hydrogen) atoms. The Bertz CT molecular complexity index is 119. The molecule has 0 aromatic carbocycles. The van der Waals surface area contributed by atoms with Gasteiger partial charge in [0.1, 0.15) is 0 Å². The molecule has 0 aliphatic carbocycles. The Labute approximate surface area is 75.5 Å². The summed E-state index contributed by atoms with van der Waals surface area (Å²) < 4.78 is 0. The van der Waals surface area contributed by atoms with Gasteiger partial charge < -0.3 is 15.5 Å². The molecule has 3 heteroatoms. The van der Waals surface area contributed by atoms with Gasteiger partial charge in [-0.25, -0.2) is 0 Å². The monoisotopic (exact) mass is 171 g/mol. The summed E-state index contributed by atoms with van der Waals surface area (Å²) in [5.74, 6) is 0.647. The second-order valence-electron chi connectivity index (χ2n) is 3.94. The molecule has 1 unspecified atom stereocenters. The molecule has 0 spiro atoms. The van der Waals surface area contributed by atoms with E-state index < -0.39 is 0 Å². The Kier molecular flexibility index (Phi) is 3.98. The third kappa shape index (κ3) is 3.09. The lowest BCUT2D eigenvalue weighted by molar-refractivity contribution is 0.140. The molecule has 72 valence electrons. The van der Waals surface area contributed by atoms with Crippen LogP contribution in [0.2, 0.25) is 0 Å². The largest absolute Gasteiger partial charge is 0.330 e. The van der Waals surface area contributed by atoms with Crippen LogP contribution in [0.25, 0.3) is 0 Å². The Morgan fingerprint density at radius 1 is 1.25 bits per heavy atom. The van der Waals surface area contributed by atoms with Gasteiger partial charge in [0.25, 0.3) is 0 Å². The van der Waals surface area contributed by atoms with Crippen molar-refractivity contribution in [3.05, 3.63) is 0 Å². The van der Waals surface area contributed by atoms with Gasteiger partial charge in [-0.1, -0.05) is 6.92 Å². The van der Waals surface area contributed by atoms with Crippen molar-refractivity contribution < 1.29 is 0 Å². The van der Waals surface area contributed by atoms with Crippen LogP contribution in [-0.2, 0) is 0 Å². The van der Waals surface area contributed by atoms with E-state index in [1.807, 2.05) is 0 Å². The van der Waals surface area contributed by atoms with Gasteiger partial charge in [-0.3, -0.25) is 0 Å². The van der Waals surface area contributed by atoms with Crippen LogP contribution in [0.15, 0.2) is 0 Å². The van der Waals surface area contributed by atoms with Crippen molar-refractivity contribution in [1.82, 2.24) is 9.80 Å². The molecular weight excluding hydrogens is 150 g/mol. The van der Waals surface area contributed by atoms with Gasteiger partial charge in [0.05, 0.1) is 0 Å². The number of hydrogen-bond acceptors (Lipinski definition) is 3. The molecule has 1 fully saturated rings. The van der Waals surface area contributed by atoms with E-state index >= 15 is 0 Å². The van der Waals surface area contributed by atoms with Crippen LogP contribution in [0.1, 0.15) is 6.92 Å². The Morgan fingerprint density at radius 2 is 1.83 bits per heavy atom. The maximum absolute atomic E-state index is 5.58. The topological polar surface area (TPSA) is 32.5 Å². The van der Waals surface area contributed by atoms with E-state index in [1.165, 1.54) is 32.7 Å². The number of likely N-dealkylation sites (N-methyl/N-ethyl adjacent to an activating group) is 1. The van der Waals surface area contributed by atoms with Crippen molar-refractivity contribution in [3.63, 3.8) is 0 Å². The number of piperazine rings is 1. The molecule has 1 saturated heterocycles. The Hall–Kier alpha value is -0.120. The molecule has 3 nitrogen and oxygen atoms in total. The van der Waals surface area contributed by atoms with Gasteiger partial charge in [0.2, 0.25) is 0 Å². The quantitative estimate of drug-likeness (QED) is 0.640. The fraction of sp³-hybridized carbons (Fsp3) is 1.00.